The molecule has 0 bridgehead atoms. The first-order chi connectivity index (χ1) is 8.92. The second-order valence-electron chi connectivity index (χ2n) is 4.97. The SMILES string of the molecule is c1ccc(-c2cn(C[C@@H]3CCCCN3)cn2)cc1. The van der Waals surface area contributed by atoms with E-state index < -0.39 is 0 Å². The van der Waals surface area contributed by atoms with Gasteiger partial charge in [-0.15, -0.1) is 0 Å². The number of nitrogens with one attached hydrogen (secondary N) is 1. The van der Waals surface area contributed by atoms with Crippen LogP contribution < -0.4 is 5.32 Å². The predicted octanol–water partition coefficient (Wildman–Crippen LogP) is 2.69. The van der Waals surface area contributed by atoms with Crippen LogP contribution in [0.2, 0.25) is 0 Å². The molecule has 3 rings (SSSR count). The smallest absolute Gasteiger partial charge is 0.0954 e. The molecule has 1 N–H and O–H groups in total. The molecule has 2 aromatic rings. The number of hydrogen-bond donors (Lipinski definition) is 1. The van der Waals surface area contributed by atoms with Gasteiger partial charge in [-0.1, -0.05) is 36.8 Å². The number of piperidine rings is 1. The van der Waals surface area contributed by atoms with Crippen LogP contribution in [0.5, 0.6) is 0 Å². The van der Waals surface area contributed by atoms with Crippen molar-refractivity contribution in [2.75, 3.05) is 6.54 Å². The Bertz CT molecular complexity index is 483. The summed E-state index contributed by atoms with van der Waals surface area (Å²) in [6, 6.07) is 11.0. The molecular formula is C15H19N3. The minimum absolute atomic E-state index is 0.608. The van der Waals surface area contributed by atoms with Crippen molar-refractivity contribution < 1.29 is 0 Å². The highest BCUT2D eigenvalue weighted by molar-refractivity contribution is 5.57. The largest absolute Gasteiger partial charge is 0.335 e. The Morgan fingerprint density at radius 3 is 2.89 bits per heavy atom. The van der Waals surface area contributed by atoms with E-state index in [0.717, 1.165) is 18.8 Å². The van der Waals surface area contributed by atoms with Gasteiger partial charge in [0.15, 0.2) is 0 Å². The third kappa shape index (κ3) is 2.62. The summed E-state index contributed by atoms with van der Waals surface area (Å²) in [7, 11) is 0. The second-order valence-corrected chi connectivity index (χ2v) is 4.97. The van der Waals surface area contributed by atoms with Crippen molar-refractivity contribution in [3.05, 3.63) is 42.9 Å². The van der Waals surface area contributed by atoms with Crippen LogP contribution in [0.25, 0.3) is 11.3 Å². The number of benzene rings is 1. The predicted molar refractivity (Wildman–Crippen MR) is 73.3 cm³/mol. The lowest BCUT2D eigenvalue weighted by Crippen LogP contribution is -2.37. The fourth-order valence-corrected chi connectivity index (χ4v) is 2.55. The molecule has 3 nitrogen and oxygen atoms in total. The van der Waals surface area contributed by atoms with Crippen molar-refractivity contribution in [3.8, 4) is 11.3 Å². The Morgan fingerprint density at radius 1 is 1.22 bits per heavy atom. The third-order valence-corrected chi connectivity index (χ3v) is 3.55. The molecule has 0 radical (unpaired) electrons. The highest BCUT2D eigenvalue weighted by Gasteiger charge is 2.13. The van der Waals surface area contributed by atoms with Gasteiger partial charge in [-0.3, -0.25) is 0 Å². The molecule has 0 aliphatic carbocycles. The van der Waals surface area contributed by atoms with Gasteiger partial charge in [0.1, 0.15) is 0 Å². The van der Waals surface area contributed by atoms with Crippen LogP contribution >= 0.6 is 0 Å². The molecule has 94 valence electrons. The van der Waals surface area contributed by atoms with E-state index in [-0.39, 0.29) is 0 Å². The van der Waals surface area contributed by atoms with E-state index in [0.29, 0.717) is 6.04 Å². The van der Waals surface area contributed by atoms with Crippen LogP contribution in [0.4, 0.5) is 0 Å². The first-order valence-corrected chi connectivity index (χ1v) is 6.72. The zero-order valence-electron chi connectivity index (χ0n) is 10.5. The molecule has 18 heavy (non-hydrogen) atoms. The lowest BCUT2D eigenvalue weighted by molar-refractivity contribution is 0.363. The monoisotopic (exact) mass is 241 g/mol. The van der Waals surface area contributed by atoms with Crippen LogP contribution in [-0.2, 0) is 6.54 Å². The fourth-order valence-electron chi connectivity index (χ4n) is 2.55. The summed E-state index contributed by atoms with van der Waals surface area (Å²) in [5, 5.41) is 3.57. The first-order valence-electron chi connectivity index (χ1n) is 6.72. The highest BCUT2D eigenvalue weighted by atomic mass is 15.1. The van der Waals surface area contributed by atoms with E-state index in [2.05, 4.69) is 45.3 Å². The average Bonchev–Trinajstić information content (AvgIpc) is 2.89. The highest BCUT2D eigenvalue weighted by Crippen LogP contribution is 2.17. The van der Waals surface area contributed by atoms with E-state index in [1.807, 2.05) is 12.4 Å². The molecule has 1 aliphatic rings. The summed E-state index contributed by atoms with van der Waals surface area (Å²) >= 11 is 0. The Hall–Kier alpha value is -1.61. The number of rotatable bonds is 3. The normalized spacial score (nSPS) is 19.9. The summed E-state index contributed by atoms with van der Waals surface area (Å²) in [6.07, 6.45) is 8.02. The van der Waals surface area contributed by atoms with E-state index in [9.17, 15) is 0 Å². The number of imidazole rings is 1. The van der Waals surface area contributed by atoms with Crippen LogP contribution in [0.15, 0.2) is 42.9 Å². The Kier molecular flexibility index (Phi) is 3.42. The number of hydrogen-bond acceptors (Lipinski definition) is 2. The lowest BCUT2D eigenvalue weighted by Gasteiger charge is -2.23. The van der Waals surface area contributed by atoms with E-state index in [1.54, 1.807) is 0 Å². The summed E-state index contributed by atoms with van der Waals surface area (Å²) in [4.78, 5) is 4.49. The maximum atomic E-state index is 4.49. The van der Waals surface area contributed by atoms with Gasteiger partial charge >= 0.3 is 0 Å². The van der Waals surface area contributed by atoms with Gasteiger partial charge in [0.05, 0.1) is 12.0 Å². The van der Waals surface area contributed by atoms with Gasteiger partial charge in [0.25, 0.3) is 0 Å². The van der Waals surface area contributed by atoms with Gasteiger partial charge in [-0.25, -0.2) is 4.98 Å². The van der Waals surface area contributed by atoms with Gasteiger partial charge < -0.3 is 9.88 Å². The molecule has 1 aromatic carbocycles. The van der Waals surface area contributed by atoms with Crippen molar-refractivity contribution in [1.82, 2.24) is 14.9 Å². The standard InChI is InChI=1S/C15H19N3/c1-2-6-13(7-3-1)15-11-18(12-17-15)10-14-8-4-5-9-16-14/h1-3,6-7,11-12,14,16H,4-5,8-10H2/t14-/m0/s1. The lowest BCUT2D eigenvalue weighted by atomic mass is 10.1. The van der Waals surface area contributed by atoms with Gasteiger partial charge in [-0.05, 0) is 19.4 Å². The molecule has 1 aromatic heterocycles. The summed E-state index contributed by atoms with van der Waals surface area (Å²) in [5.74, 6) is 0. The molecule has 0 spiro atoms. The van der Waals surface area contributed by atoms with E-state index in [1.165, 1.54) is 24.8 Å². The Balaban J connectivity index is 1.69. The van der Waals surface area contributed by atoms with Crippen molar-refractivity contribution in [2.24, 2.45) is 0 Å². The third-order valence-electron chi connectivity index (χ3n) is 3.55. The summed E-state index contributed by atoms with van der Waals surface area (Å²) in [6.45, 7) is 2.19. The minimum Gasteiger partial charge on any atom is -0.335 e. The van der Waals surface area contributed by atoms with Crippen molar-refractivity contribution in [1.29, 1.82) is 0 Å². The Morgan fingerprint density at radius 2 is 2.11 bits per heavy atom. The average molecular weight is 241 g/mol. The molecule has 1 aliphatic heterocycles. The molecule has 1 saturated heterocycles. The zero-order chi connectivity index (χ0) is 12.2. The maximum absolute atomic E-state index is 4.49. The molecule has 0 unspecified atom stereocenters. The van der Waals surface area contributed by atoms with E-state index in [4.69, 9.17) is 0 Å². The fraction of sp³-hybridized carbons (Fsp3) is 0.400. The van der Waals surface area contributed by atoms with Crippen molar-refractivity contribution in [3.63, 3.8) is 0 Å². The molecule has 1 fully saturated rings. The van der Waals surface area contributed by atoms with Crippen molar-refractivity contribution in [2.45, 2.75) is 31.8 Å². The van der Waals surface area contributed by atoms with Gasteiger partial charge in [-0.2, -0.15) is 0 Å². The maximum Gasteiger partial charge on any atom is 0.0954 e. The summed E-state index contributed by atoms with van der Waals surface area (Å²) < 4.78 is 2.20. The van der Waals surface area contributed by atoms with Crippen LogP contribution in [0.1, 0.15) is 19.3 Å². The van der Waals surface area contributed by atoms with E-state index >= 15 is 0 Å². The topological polar surface area (TPSA) is 29.9 Å². The molecule has 0 saturated carbocycles. The van der Waals surface area contributed by atoms with Gasteiger partial charge in [0, 0.05) is 24.3 Å². The van der Waals surface area contributed by atoms with Gasteiger partial charge in [0.2, 0.25) is 0 Å². The van der Waals surface area contributed by atoms with Crippen LogP contribution in [0.3, 0.4) is 0 Å². The summed E-state index contributed by atoms with van der Waals surface area (Å²) in [5.41, 5.74) is 2.25. The molecule has 0 amide bonds. The molecule has 2 heterocycles. The molecule has 1 atom stereocenters. The van der Waals surface area contributed by atoms with Crippen LogP contribution in [0, 0.1) is 0 Å². The zero-order valence-corrected chi connectivity index (χ0v) is 10.5. The quantitative estimate of drug-likeness (QED) is 0.895. The molecular weight excluding hydrogens is 222 g/mol. The van der Waals surface area contributed by atoms with Crippen LogP contribution in [-0.4, -0.2) is 22.1 Å². The van der Waals surface area contributed by atoms with Crippen molar-refractivity contribution >= 4 is 0 Å². The molecule has 3 heteroatoms. The first kappa shape index (κ1) is 11.5. The second kappa shape index (κ2) is 5.36. The minimum atomic E-state index is 0.608. The number of aromatic nitrogens is 2. The Labute approximate surface area is 108 Å². The number of nitrogens with zero attached hydrogens (tertiary/aromatic N) is 2.